The number of nitrogens with one attached hydrogen (secondary N) is 1. The van der Waals surface area contributed by atoms with E-state index in [-0.39, 0.29) is 11.9 Å². The van der Waals surface area contributed by atoms with Crippen LogP contribution in [0.5, 0.6) is 5.75 Å². The molecule has 2 aliphatic rings. The number of piperidine rings is 1. The molecule has 3 unspecified atom stereocenters. The number of carbonyl (C=O) groups is 1. The molecule has 6 heteroatoms. The Morgan fingerprint density at radius 2 is 1.88 bits per heavy atom. The number of fused-ring (bicyclic) bond motifs is 2. The number of benzene rings is 2. The summed E-state index contributed by atoms with van der Waals surface area (Å²) in [5.41, 5.74) is 4.69. The van der Waals surface area contributed by atoms with E-state index in [1.54, 1.807) is 25.3 Å². The third kappa shape index (κ3) is 4.38. The molecule has 0 spiro atoms. The molecule has 4 rings (SSSR count). The highest BCUT2D eigenvalue weighted by Gasteiger charge is 2.43. The van der Waals surface area contributed by atoms with Gasteiger partial charge in [0, 0.05) is 34.8 Å². The standard InChI is InChI=1S/C26H32ClFN2O2/c1-15-16(2)25(32-4)8-7-24(15)17(3)30-22-5-6-23(30)13-21(12-22)29-26(31)19-9-18(14-28)10-20(27)11-19/h7-11,17,21-23H,5-6,12-14H2,1-4H3,(H,29,31). The van der Waals surface area contributed by atoms with Gasteiger partial charge in [-0.3, -0.25) is 9.69 Å². The van der Waals surface area contributed by atoms with Crippen LogP contribution in [0, 0.1) is 13.8 Å². The maximum absolute atomic E-state index is 13.1. The molecule has 2 aromatic carbocycles. The number of rotatable bonds is 6. The average molecular weight is 459 g/mol. The maximum atomic E-state index is 13.1. The zero-order chi connectivity index (χ0) is 23.0. The van der Waals surface area contributed by atoms with E-state index in [9.17, 15) is 9.18 Å². The number of nitrogens with zero attached hydrogens (tertiary/aromatic N) is 1. The molecule has 172 valence electrons. The van der Waals surface area contributed by atoms with Crippen molar-refractivity contribution in [1.82, 2.24) is 10.2 Å². The summed E-state index contributed by atoms with van der Waals surface area (Å²) in [6, 6.07) is 10.3. The summed E-state index contributed by atoms with van der Waals surface area (Å²) in [4.78, 5) is 15.5. The lowest BCUT2D eigenvalue weighted by molar-refractivity contribution is 0.0689. The zero-order valence-electron chi connectivity index (χ0n) is 19.3. The second kappa shape index (κ2) is 9.40. The summed E-state index contributed by atoms with van der Waals surface area (Å²) in [5, 5.41) is 3.57. The largest absolute Gasteiger partial charge is 0.496 e. The van der Waals surface area contributed by atoms with E-state index in [0.29, 0.717) is 34.3 Å². The second-order valence-electron chi connectivity index (χ2n) is 9.24. The van der Waals surface area contributed by atoms with Crippen LogP contribution in [0.2, 0.25) is 5.02 Å². The van der Waals surface area contributed by atoms with Crippen molar-refractivity contribution >= 4 is 17.5 Å². The molecule has 2 fully saturated rings. The van der Waals surface area contributed by atoms with Crippen molar-refractivity contribution in [3.63, 3.8) is 0 Å². The second-order valence-corrected chi connectivity index (χ2v) is 9.68. The Hall–Kier alpha value is -2.11. The molecule has 2 aromatic rings. The van der Waals surface area contributed by atoms with Gasteiger partial charge in [-0.25, -0.2) is 4.39 Å². The van der Waals surface area contributed by atoms with Crippen LogP contribution < -0.4 is 10.1 Å². The lowest BCUT2D eigenvalue weighted by Gasteiger charge is -2.43. The van der Waals surface area contributed by atoms with Crippen LogP contribution in [0.15, 0.2) is 30.3 Å². The molecule has 0 radical (unpaired) electrons. The van der Waals surface area contributed by atoms with Gasteiger partial charge in [0.2, 0.25) is 0 Å². The number of halogens is 2. The van der Waals surface area contributed by atoms with Gasteiger partial charge in [-0.15, -0.1) is 0 Å². The lowest BCUT2D eigenvalue weighted by atomic mass is 9.91. The molecular formula is C26H32ClFN2O2. The number of amides is 1. The van der Waals surface area contributed by atoms with Crippen LogP contribution in [0.25, 0.3) is 0 Å². The van der Waals surface area contributed by atoms with Crippen LogP contribution in [-0.4, -0.2) is 36.0 Å². The van der Waals surface area contributed by atoms with Crippen LogP contribution in [0.1, 0.15) is 71.3 Å². The number of hydrogen-bond acceptors (Lipinski definition) is 3. The number of carbonyl (C=O) groups excluding carboxylic acids is 1. The molecule has 0 aliphatic carbocycles. The fourth-order valence-corrected chi connectivity index (χ4v) is 6.00. The van der Waals surface area contributed by atoms with Crippen molar-refractivity contribution in [3.8, 4) is 5.75 Å². The van der Waals surface area contributed by atoms with Crippen molar-refractivity contribution in [2.45, 2.75) is 77.3 Å². The van der Waals surface area contributed by atoms with E-state index in [4.69, 9.17) is 16.3 Å². The van der Waals surface area contributed by atoms with E-state index >= 15 is 0 Å². The van der Waals surface area contributed by atoms with E-state index in [1.165, 1.54) is 16.7 Å². The van der Waals surface area contributed by atoms with Gasteiger partial charge < -0.3 is 10.1 Å². The number of hydrogen-bond donors (Lipinski definition) is 1. The van der Waals surface area contributed by atoms with Crippen LogP contribution in [0.3, 0.4) is 0 Å². The molecule has 2 bridgehead atoms. The van der Waals surface area contributed by atoms with Crippen molar-refractivity contribution in [2.75, 3.05) is 7.11 Å². The van der Waals surface area contributed by atoms with Gasteiger partial charge >= 0.3 is 0 Å². The molecule has 4 nitrogen and oxygen atoms in total. The summed E-state index contributed by atoms with van der Waals surface area (Å²) >= 11 is 6.07. The summed E-state index contributed by atoms with van der Waals surface area (Å²) in [5.74, 6) is 0.759. The Kier molecular flexibility index (Phi) is 6.78. The summed E-state index contributed by atoms with van der Waals surface area (Å²) in [6.07, 6.45) is 4.16. The average Bonchev–Trinajstić information content (AvgIpc) is 3.04. The van der Waals surface area contributed by atoms with E-state index in [1.807, 2.05) is 0 Å². The number of methoxy groups -OCH3 is 1. The fourth-order valence-electron chi connectivity index (χ4n) is 5.74. The molecule has 1 N–H and O–H groups in total. The Morgan fingerprint density at radius 1 is 1.19 bits per heavy atom. The molecular weight excluding hydrogens is 427 g/mol. The first-order chi connectivity index (χ1) is 15.3. The summed E-state index contributed by atoms with van der Waals surface area (Å²) in [6.45, 7) is 5.95. The van der Waals surface area contributed by atoms with E-state index in [2.05, 4.69) is 43.1 Å². The predicted octanol–water partition coefficient (Wildman–Crippen LogP) is 5.92. The van der Waals surface area contributed by atoms with Crippen molar-refractivity contribution in [2.24, 2.45) is 0 Å². The number of ether oxygens (including phenoxy) is 1. The first-order valence-electron chi connectivity index (χ1n) is 11.4. The van der Waals surface area contributed by atoms with Gasteiger partial charge in [-0.05, 0) is 93.0 Å². The molecule has 0 saturated carbocycles. The Bertz CT molecular complexity index is 998. The molecule has 2 aliphatic heterocycles. The normalized spacial score (nSPS) is 23.8. The van der Waals surface area contributed by atoms with Gasteiger partial charge in [0.15, 0.2) is 0 Å². The monoisotopic (exact) mass is 458 g/mol. The fraction of sp³-hybridized carbons (Fsp3) is 0.500. The first kappa shape index (κ1) is 23.1. The highest BCUT2D eigenvalue weighted by atomic mass is 35.5. The Morgan fingerprint density at radius 3 is 2.50 bits per heavy atom. The highest BCUT2D eigenvalue weighted by molar-refractivity contribution is 6.31. The van der Waals surface area contributed by atoms with Crippen LogP contribution in [-0.2, 0) is 6.67 Å². The van der Waals surface area contributed by atoms with Gasteiger partial charge in [0.05, 0.1) is 7.11 Å². The minimum absolute atomic E-state index is 0.120. The summed E-state index contributed by atoms with van der Waals surface area (Å²) in [7, 11) is 1.71. The van der Waals surface area contributed by atoms with Crippen LogP contribution in [0.4, 0.5) is 4.39 Å². The molecule has 3 atom stereocenters. The zero-order valence-corrected chi connectivity index (χ0v) is 20.0. The molecule has 32 heavy (non-hydrogen) atoms. The van der Waals surface area contributed by atoms with Gasteiger partial charge in [-0.2, -0.15) is 0 Å². The maximum Gasteiger partial charge on any atom is 0.251 e. The van der Waals surface area contributed by atoms with Crippen molar-refractivity contribution < 1.29 is 13.9 Å². The van der Waals surface area contributed by atoms with Gasteiger partial charge in [-0.1, -0.05) is 17.7 Å². The molecule has 2 heterocycles. The van der Waals surface area contributed by atoms with Crippen molar-refractivity contribution in [3.05, 3.63) is 63.2 Å². The molecule has 1 amide bonds. The van der Waals surface area contributed by atoms with E-state index in [0.717, 1.165) is 31.4 Å². The number of alkyl halides is 1. The minimum atomic E-state index is -0.633. The van der Waals surface area contributed by atoms with Crippen LogP contribution >= 0.6 is 11.6 Å². The van der Waals surface area contributed by atoms with Gasteiger partial charge in [0.25, 0.3) is 5.91 Å². The van der Waals surface area contributed by atoms with E-state index < -0.39 is 6.67 Å². The predicted molar refractivity (Wildman–Crippen MR) is 126 cm³/mol. The highest BCUT2D eigenvalue weighted by Crippen LogP contribution is 2.43. The minimum Gasteiger partial charge on any atom is -0.496 e. The van der Waals surface area contributed by atoms with Crippen molar-refractivity contribution in [1.29, 1.82) is 0 Å². The SMILES string of the molecule is COc1ccc(C(C)N2C3CCC2CC(NC(=O)c2cc(Cl)cc(CF)c2)C3)c(C)c1C. The molecule has 2 saturated heterocycles. The topological polar surface area (TPSA) is 41.6 Å². The Balaban J connectivity index is 1.46. The summed E-state index contributed by atoms with van der Waals surface area (Å²) < 4.78 is 18.6. The smallest absolute Gasteiger partial charge is 0.251 e. The third-order valence-electron chi connectivity index (χ3n) is 7.40. The lowest BCUT2D eigenvalue weighted by Crippen LogP contribution is -2.51. The first-order valence-corrected chi connectivity index (χ1v) is 11.8. The van der Waals surface area contributed by atoms with Gasteiger partial charge in [0.1, 0.15) is 12.4 Å². The molecule has 0 aromatic heterocycles. The Labute approximate surface area is 195 Å². The quantitative estimate of drug-likeness (QED) is 0.584. The third-order valence-corrected chi connectivity index (χ3v) is 7.61.